The summed E-state index contributed by atoms with van der Waals surface area (Å²) in [5.41, 5.74) is 1.98. The van der Waals surface area contributed by atoms with Crippen LogP contribution in [-0.4, -0.2) is 10.2 Å². The van der Waals surface area contributed by atoms with Crippen molar-refractivity contribution in [3.05, 3.63) is 33.8 Å². The zero-order valence-corrected chi connectivity index (χ0v) is 9.48. The summed E-state index contributed by atoms with van der Waals surface area (Å²) in [5, 5.41) is 0.480. The van der Waals surface area contributed by atoms with E-state index in [0.717, 1.165) is 14.8 Å². The fourth-order valence-corrected chi connectivity index (χ4v) is 2.18. The van der Waals surface area contributed by atoms with Crippen LogP contribution in [0.5, 0.6) is 0 Å². The molecule has 0 atom stereocenters. The van der Waals surface area contributed by atoms with Crippen molar-refractivity contribution in [1.82, 2.24) is 4.98 Å². The van der Waals surface area contributed by atoms with Crippen molar-refractivity contribution in [2.45, 2.75) is 6.92 Å². The second-order valence-electron chi connectivity index (χ2n) is 2.24. The van der Waals surface area contributed by atoms with E-state index >= 15 is 0 Å². The molecule has 0 unspecified atom stereocenters. The Bertz CT molecular complexity index is 308. The summed E-state index contributed by atoms with van der Waals surface area (Å²) in [7, 11) is 0. The predicted molar refractivity (Wildman–Crippen MR) is 60.8 cm³/mol. The summed E-state index contributed by atoms with van der Waals surface area (Å²) in [6.07, 6.45) is 3.33. The van der Waals surface area contributed by atoms with E-state index in [1.54, 1.807) is 0 Å². The van der Waals surface area contributed by atoms with Crippen LogP contribution in [0.4, 0.5) is 0 Å². The average Bonchev–Trinajstić information content (AvgIpc) is 2.32. The molecule has 0 spiro atoms. The van der Waals surface area contributed by atoms with E-state index < -0.39 is 0 Å². The van der Waals surface area contributed by atoms with Crippen LogP contribution in [0.25, 0.3) is 0 Å². The summed E-state index contributed by atoms with van der Waals surface area (Å²) in [4.78, 5) is 6.98. The van der Waals surface area contributed by atoms with Gasteiger partial charge in [-0.2, -0.15) is 0 Å². The molecule has 1 aromatic rings. The van der Waals surface area contributed by atoms with Crippen molar-refractivity contribution in [3.63, 3.8) is 0 Å². The third kappa shape index (κ3) is 1.90. The van der Waals surface area contributed by atoms with Crippen LogP contribution in [0, 0.1) is 10.5 Å². The maximum Gasteiger partial charge on any atom is 0.139 e. The SMILES string of the molecule is C=C/N=C(/Cl)c1c(I)c[nH]c1C. The van der Waals surface area contributed by atoms with Gasteiger partial charge in [0.25, 0.3) is 0 Å². The highest BCUT2D eigenvalue weighted by molar-refractivity contribution is 14.1. The van der Waals surface area contributed by atoms with Crippen LogP contribution in [0.2, 0.25) is 0 Å². The van der Waals surface area contributed by atoms with Crippen molar-refractivity contribution in [2.75, 3.05) is 0 Å². The van der Waals surface area contributed by atoms with Crippen LogP contribution >= 0.6 is 34.2 Å². The fourth-order valence-electron chi connectivity index (χ4n) is 0.893. The van der Waals surface area contributed by atoms with Crippen molar-refractivity contribution >= 4 is 39.4 Å². The molecule has 0 aliphatic rings. The molecule has 0 saturated carbocycles. The average molecular weight is 295 g/mol. The molecule has 64 valence electrons. The molecule has 0 saturated heterocycles. The summed E-state index contributed by atoms with van der Waals surface area (Å²) < 4.78 is 1.07. The van der Waals surface area contributed by atoms with Gasteiger partial charge in [0.2, 0.25) is 0 Å². The van der Waals surface area contributed by atoms with E-state index in [2.05, 4.69) is 39.1 Å². The molecule has 0 bridgehead atoms. The van der Waals surface area contributed by atoms with E-state index in [0.29, 0.717) is 5.17 Å². The Morgan fingerprint density at radius 2 is 2.50 bits per heavy atom. The highest BCUT2D eigenvalue weighted by atomic mass is 127. The lowest BCUT2D eigenvalue weighted by Crippen LogP contribution is -1.93. The molecular formula is C8H8ClIN2. The van der Waals surface area contributed by atoms with Gasteiger partial charge in [0.1, 0.15) is 5.17 Å². The first-order chi connectivity index (χ1) is 5.66. The minimum absolute atomic E-state index is 0.480. The molecule has 4 heteroatoms. The second-order valence-corrected chi connectivity index (χ2v) is 3.76. The molecule has 12 heavy (non-hydrogen) atoms. The summed E-state index contributed by atoms with van der Waals surface area (Å²) in [6.45, 7) is 5.44. The van der Waals surface area contributed by atoms with Crippen LogP contribution in [0.1, 0.15) is 11.3 Å². The number of aromatic nitrogens is 1. The highest BCUT2D eigenvalue weighted by Gasteiger charge is 2.09. The Morgan fingerprint density at radius 1 is 1.83 bits per heavy atom. The molecule has 0 amide bonds. The number of hydrogen-bond acceptors (Lipinski definition) is 1. The predicted octanol–water partition coefficient (Wildman–Crippen LogP) is 3.06. The van der Waals surface area contributed by atoms with Gasteiger partial charge in [-0.3, -0.25) is 0 Å². The number of halogens is 2. The monoisotopic (exact) mass is 294 g/mol. The maximum absolute atomic E-state index is 5.91. The molecule has 0 aromatic carbocycles. The first kappa shape index (κ1) is 9.80. The van der Waals surface area contributed by atoms with Gasteiger partial charge in [0, 0.05) is 27.2 Å². The number of rotatable bonds is 2. The summed E-state index contributed by atoms with van der Waals surface area (Å²) >= 11 is 8.12. The van der Waals surface area contributed by atoms with Crippen LogP contribution < -0.4 is 0 Å². The smallest absolute Gasteiger partial charge is 0.139 e. The topological polar surface area (TPSA) is 28.1 Å². The van der Waals surface area contributed by atoms with E-state index in [-0.39, 0.29) is 0 Å². The standard InChI is InChI=1S/C8H8ClIN2/c1-3-11-8(9)7-5(2)12-4-6(7)10/h3-4,12H,1H2,2H3/b11-8+. The lowest BCUT2D eigenvalue weighted by atomic mass is 10.3. The van der Waals surface area contributed by atoms with E-state index in [1.807, 2.05) is 13.1 Å². The van der Waals surface area contributed by atoms with Crippen molar-refractivity contribution < 1.29 is 0 Å². The lowest BCUT2D eigenvalue weighted by Gasteiger charge is -1.95. The number of nitrogens with one attached hydrogen (secondary N) is 1. The van der Waals surface area contributed by atoms with Gasteiger partial charge < -0.3 is 4.98 Å². The Balaban J connectivity index is 3.17. The Labute approximate surface area is 89.9 Å². The lowest BCUT2D eigenvalue weighted by molar-refractivity contribution is 1.26. The number of aryl methyl sites for hydroxylation is 1. The van der Waals surface area contributed by atoms with E-state index in [4.69, 9.17) is 11.6 Å². The highest BCUT2D eigenvalue weighted by Crippen LogP contribution is 2.18. The fraction of sp³-hybridized carbons (Fsp3) is 0.125. The molecule has 1 rings (SSSR count). The van der Waals surface area contributed by atoms with Gasteiger partial charge in [-0.25, -0.2) is 4.99 Å². The molecule has 0 radical (unpaired) electrons. The van der Waals surface area contributed by atoms with Gasteiger partial charge in [0.05, 0.1) is 0 Å². The van der Waals surface area contributed by atoms with E-state index in [9.17, 15) is 0 Å². The van der Waals surface area contributed by atoms with Crippen LogP contribution in [0.15, 0.2) is 24.0 Å². The van der Waals surface area contributed by atoms with Gasteiger partial charge >= 0.3 is 0 Å². The molecule has 1 heterocycles. The second kappa shape index (κ2) is 4.09. The van der Waals surface area contributed by atoms with Gasteiger partial charge in [-0.15, -0.1) is 0 Å². The minimum atomic E-state index is 0.480. The quantitative estimate of drug-likeness (QED) is 0.641. The third-order valence-corrected chi connectivity index (χ3v) is 2.58. The Hall–Kier alpha value is -0.290. The molecule has 2 nitrogen and oxygen atoms in total. The summed E-state index contributed by atoms with van der Waals surface area (Å²) in [6, 6.07) is 0. The molecule has 1 N–H and O–H groups in total. The van der Waals surface area contributed by atoms with Crippen molar-refractivity contribution in [1.29, 1.82) is 0 Å². The number of aliphatic imine (C=N–C) groups is 1. The van der Waals surface area contributed by atoms with Gasteiger partial charge in [-0.1, -0.05) is 18.2 Å². The van der Waals surface area contributed by atoms with Crippen molar-refractivity contribution in [3.8, 4) is 0 Å². The van der Waals surface area contributed by atoms with Crippen molar-refractivity contribution in [2.24, 2.45) is 4.99 Å². The third-order valence-electron chi connectivity index (χ3n) is 1.44. The molecule has 0 fully saturated rings. The molecule has 0 aliphatic carbocycles. The normalized spacial score (nSPS) is 11.8. The number of nitrogens with zero attached hydrogens (tertiary/aromatic N) is 1. The van der Waals surface area contributed by atoms with Crippen LogP contribution in [-0.2, 0) is 0 Å². The van der Waals surface area contributed by atoms with Crippen LogP contribution in [0.3, 0.4) is 0 Å². The van der Waals surface area contributed by atoms with Gasteiger partial charge in [-0.05, 0) is 29.5 Å². The van der Waals surface area contributed by atoms with Gasteiger partial charge in [0.15, 0.2) is 0 Å². The zero-order chi connectivity index (χ0) is 9.14. The summed E-state index contributed by atoms with van der Waals surface area (Å²) in [5.74, 6) is 0. The molecule has 0 aliphatic heterocycles. The minimum Gasteiger partial charge on any atom is -0.364 e. The molecule has 1 aromatic heterocycles. The first-order valence-electron chi connectivity index (χ1n) is 3.35. The largest absolute Gasteiger partial charge is 0.364 e. The maximum atomic E-state index is 5.91. The number of hydrogen-bond donors (Lipinski definition) is 1. The number of H-pyrrole nitrogens is 1. The van der Waals surface area contributed by atoms with E-state index in [1.165, 1.54) is 6.20 Å². The number of aromatic amines is 1. The zero-order valence-electron chi connectivity index (χ0n) is 6.56. The first-order valence-corrected chi connectivity index (χ1v) is 4.80. The Morgan fingerprint density at radius 3 is 2.92 bits per heavy atom. The molecular weight excluding hydrogens is 286 g/mol. The Kier molecular flexibility index (Phi) is 3.34.